The van der Waals surface area contributed by atoms with Gasteiger partial charge in [0.1, 0.15) is 5.75 Å². The van der Waals surface area contributed by atoms with Crippen LogP contribution in [-0.2, 0) is 0 Å². The van der Waals surface area contributed by atoms with E-state index in [9.17, 15) is 0 Å². The van der Waals surface area contributed by atoms with Gasteiger partial charge in [0.2, 0.25) is 0 Å². The second-order valence-corrected chi connectivity index (χ2v) is 5.83. The van der Waals surface area contributed by atoms with Crippen molar-refractivity contribution >= 4 is 38.6 Å². The maximum Gasteiger partial charge on any atom is 0.129 e. The Bertz CT molecular complexity index is 466. The van der Waals surface area contributed by atoms with E-state index in [2.05, 4.69) is 38.1 Å². The average Bonchev–Trinajstić information content (AvgIpc) is 2.90. The van der Waals surface area contributed by atoms with Gasteiger partial charge in [-0.05, 0) is 40.0 Å². The summed E-state index contributed by atoms with van der Waals surface area (Å²) in [5, 5.41) is 9.62. The molecule has 0 aliphatic carbocycles. The molecule has 0 spiro atoms. The Labute approximate surface area is 111 Å². The lowest BCUT2D eigenvalue weighted by Gasteiger charge is -2.13. The molecule has 2 heterocycles. The van der Waals surface area contributed by atoms with Crippen LogP contribution in [0.1, 0.15) is 16.5 Å². The standard InChI is InChI=1S/C11H12BrNOS2/c1-13-11(8-5-15-6-9(8)12)10-3-7(14-2)4-16-10/h3-6,11,13H,1-2H3. The van der Waals surface area contributed by atoms with Crippen molar-refractivity contribution < 1.29 is 4.74 Å². The Morgan fingerprint density at radius 2 is 2.19 bits per heavy atom. The molecule has 0 aliphatic heterocycles. The minimum atomic E-state index is 0.231. The minimum Gasteiger partial charge on any atom is -0.496 e. The molecule has 5 heteroatoms. The third-order valence-electron chi connectivity index (χ3n) is 2.36. The van der Waals surface area contributed by atoms with Crippen molar-refractivity contribution in [2.24, 2.45) is 0 Å². The van der Waals surface area contributed by atoms with Crippen molar-refractivity contribution in [1.29, 1.82) is 0 Å². The van der Waals surface area contributed by atoms with Crippen molar-refractivity contribution in [3.05, 3.63) is 37.1 Å². The molecule has 2 aromatic heterocycles. The fourth-order valence-corrected chi connectivity index (χ4v) is 4.07. The lowest BCUT2D eigenvalue weighted by Crippen LogP contribution is -2.16. The molecular formula is C11H12BrNOS2. The molecule has 1 N–H and O–H groups in total. The Morgan fingerprint density at radius 1 is 1.38 bits per heavy atom. The van der Waals surface area contributed by atoms with Crippen LogP contribution in [0.3, 0.4) is 0 Å². The van der Waals surface area contributed by atoms with E-state index < -0.39 is 0 Å². The van der Waals surface area contributed by atoms with E-state index in [-0.39, 0.29) is 6.04 Å². The Balaban J connectivity index is 2.32. The molecule has 0 saturated heterocycles. The molecule has 86 valence electrons. The second kappa shape index (κ2) is 5.31. The topological polar surface area (TPSA) is 21.3 Å². The highest BCUT2D eigenvalue weighted by Crippen LogP contribution is 2.35. The van der Waals surface area contributed by atoms with Gasteiger partial charge in [0.25, 0.3) is 0 Å². The third-order valence-corrected chi connectivity index (χ3v) is 5.09. The average molecular weight is 318 g/mol. The first-order chi connectivity index (χ1) is 7.76. The molecule has 2 rings (SSSR count). The van der Waals surface area contributed by atoms with Crippen LogP contribution < -0.4 is 10.1 Å². The van der Waals surface area contributed by atoms with Gasteiger partial charge in [-0.1, -0.05) is 0 Å². The van der Waals surface area contributed by atoms with Gasteiger partial charge in [0.05, 0.1) is 13.2 Å². The van der Waals surface area contributed by atoms with Crippen LogP contribution in [0.5, 0.6) is 5.75 Å². The molecule has 0 fully saturated rings. The number of ether oxygens (including phenoxy) is 1. The smallest absolute Gasteiger partial charge is 0.129 e. The van der Waals surface area contributed by atoms with Crippen LogP contribution in [0, 0.1) is 0 Å². The van der Waals surface area contributed by atoms with Gasteiger partial charge in [-0.15, -0.1) is 11.3 Å². The molecule has 0 aromatic carbocycles. The van der Waals surface area contributed by atoms with E-state index in [1.807, 2.05) is 12.4 Å². The summed E-state index contributed by atoms with van der Waals surface area (Å²) in [5.41, 5.74) is 1.28. The summed E-state index contributed by atoms with van der Waals surface area (Å²) in [5.74, 6) is 0.923. The molecule has 1 atom stereocenters. The van der Waals surface area contributed by atoms with Gasteiger partial charge >= 0.3 is 0 Å². The van der Waals surface area contributed by atoms with Gasteiger partial charge in [-0.25, -0.2) is 0 Å². The molecular weight excluding hydrogens is 306 g/mol. The zero-order chi connectivity index (χ0) is 11.5. The highest BCUT2D eigenvalue weighted by atomic mass is 79.9. The summed E-state index contributed by atoms with van der Waals surface area (Å²) in [4.78, 5) is 1.26. The fourth-order valence-electron chi connectivity index (χ4n) is 1.54. The number of nitrogens with one attached hydrogen (secondary N) is 1. The third kappa shape index (κ3) is 2.32. The summed E-state index contributed by atoms with van der Waals surface area (Å²) in [6.07, 6.45) is 0. The number of hydrogen-bond acceptors (Lipinski definition) is 4. The van der Waals surface area contributed by atoms with Crippen molar-refractivity contribution in [3.63, 3.8) is 0 Å². The summed E-state index contributed by atoms with van der Waals surface area (Å²) in [7, 11) is 3.67. The second-order valence-electron chi connectivity index (χ2n) is 3.29. The van der Waals surface area contributed by atoms with E-state index >= 15 is 0 Å². The molecule has 0 saturated carbocycles. The number of thiophene rings is 2. The van der Waals surface area contributed by atoms with Gasteiger partial charge in [-0.2, -0.15) is 11.3 Å². The molecule has 2 aromatic rings. The van der Waals surface area contributed by atoms with E-state index in [1.165, 1.54) is 10.4 Å². The zero-order valence-corrected chi connectivity index (χ0v) is 12.2. The van der Waals surface area contributed by atoms with Gasteiger partial charge in [-0.3, -0.25) is 0 Å². The number of halogens is 1. The molecule has 0 bridgehead atoms. The Morgan fingerprint density at radius 3 is 2.69 bits per heavy atom. The van der Waals surface area contributed by atoms with Crippen LogP contribution in [0.2, 0.25) is 0 Å². The number of methoxy groups -OCH3 is 1. The Hall–Kier alpha value is -0.360. The molecule has 16 heavy (non-hydrogen) atoms. The minimum absolute atomic E-state index is 0.231. The quantitative estimate of drug-likeness (QED) is 0.923. The van der Waals surface area contributed by atoms with Gasteiger partial charge < -0.3 is 10.1 Å². The highest BCUT2D eigenvalue weighted by molar-refractivity contribution is 9.10. The predicted octanol–water partition coefficient (Wildman–Crippen LogP) is 3.89. The van der Waals surface area contributed by atoms with Crippen LogP contribution in [0.4, 0.5) is 0 Å². The van der Waals surface area contributed by atoms with Crippen LogP contribution in [0.25, 0.3) is 0 Å². The van der Waals surface area contributed by atoms with E-state index in [0.717, 1.165) is 10.2 Å². The van der Waals surface area contributed by atoms with Crippen molar-refractivity contribution in [1.82, 2.24) is 5.32 Å². The first kappa shape index (κ1) is 12.1. The SMILES string of the molecule is CNC(c1cc(OC)cs1)c1cscc1Br. The van der Waals surface area contributed by atoms with Gasteiger partial charge in [0, 0.05) is 20.1 Å². The Kier molecular flexibility index (Phi) is 4.02. The predicted molar refractivity (Wildman–Crippen MR) is 73.8 cm³/mol. The molecule has 0 amide bonds. The summed E-state index contributed by atoms with van der Waals surface area (Å²) in [6, 6.07) is 2.31. The summed E-state index contributed by atoms with van der Waals surface area (Å²) in [6.45, 7) is 0. The lowest BCUT2D eigenvalue weighted by molar-refractivity contribution is 0.416. The molecule has 2 nitrogen and oxygen atoms in total. The monoisotopic (exact) mass is 317 g/mol. The van der Waals surface area contributed by atoms with Crippen LogP contribution in [0.15, 0.2) is 26.7 Å². The number of rotatable bonds is 4. The van der Waals surface area contributed by atoms with Crippen molar-refractivity contribution in [3.8, 4) is 5.75 Å². The van der Waals surface area contributed by atoms with E-state index in [4.69, 9.17) is 4.74 Å². The maximum atomic E-state index is 5.21. The normalized spacial score (nSPS) is 12.7. The van der Waals surface area contributed by atoms with Crippen molar-refractivity contribution in [2.45, 2.75) is 6.04 Å². The number of hydrogen-bond donors (Lipinski definition) is 1. The first-order valence-electron chi connectivity index (χ1n) is 4.77. The van der Waals surface area contributed by atoms with Crippen molar-refractivity contribution in [2.75, 3.05) is 14.2 Å². The maximum absolute atomic E-state index is 5.21. The molecule has 0 aliphatic rings. The lowest BCUT2D eigenvalue weighted by atomic mass is 10.1. The van der Waals surface area contributed by atoms with Crippen LogP contribution in [-0.4, -0.2) is 14.2 Å². The summed E-state index contributed by atoms with van der Waals surface area (Å²) >= 11 is 6.99. The van der Waals surface area contributed by atoms with E-state index in [1.54, 1.807) is 29.8 Å². The van der Waals surface area contributed by atoms with E-state index in [0.29, 0.717) is 0 Å². The first-order valence-corrected chi connectivity index (χ1v) is 7.39. The summed E-state index contributed by atoms with van der Waals surface area (Å²) < 4.78 is 6.37. The molecule has 0 radical (unpaired) electrons. The largest absolute Gasteiger partial charge is 0.496 e. The van der Waals surface area contributed by atoms with Crippen LogP contribution >= 0.6 is 38.6 Å². The molecule has 1 unspecified atom stereocenters. The van der Waals surface area contributed by atoms with Gasteiger partial charge in [0.15, 0.2) is 0 Å². The zero-order valence-electron chi connectivity index (χ0n) is 8.99. The highest BCUT2D eigenvalue weighted by Gasteiger charge is 2.17. The fraction of sp³-hybridized carbons (Fsp3) is 0.273.